The Labute approximate surface area is 121 Å². The zero-order valence-electron chi connectivity index (χ0n) is 13.1. The molecule has 20 heavy (non-hydrogen) atoms. The minimum Gasteiger partial charge on any atom is -0.396 e. The minimum atomic E-state index is -0.200. The van der Waals surface area contributed by atoms with Crippen LogP contribution in [0.25, 0.3) is 0 Å². The van der Waals surface area contributed by atoms with Crippen molar-refractivity contribution in [1.29, 1.82) is 0 Å². The van der Waals surface area contributed by atoms with Crippen molar-refractivity contribution < 1.29 is 5.11 Å². The van der Waals surface area contributed by atoms with Crippen molar-refractivity contribution in [3.05, 3.63) is 11.4 Å². The van der Waals surface area contributed by atoms with Crippen molar-refractivity contribution in [1.82, 2.24) is 9.97 Å². The molecule has 0 aliphatic rings. The van der Waals surface area contributed by atoms with Gasteiger partial charge in [-0.1, -0.05) is 20.8 Å². The smallest absolute Gasteiger partial charge is 0.148 e. The monoisotopic (exact) mass is 281 g/mol. The third kappa shape index (κ3) is 3.80. The highest BCUT2D eigenvalue weighted by molar-refractivity contribution is 5.57. The van der Waals surface area contributed by atoms with Gasteiger partial charge in [0, 0.05) is 23.6 Å². The summed E-state index contributed by atoms with van der Waals surface area (Å²) in [5.74, 6) is 7.90. The Morgan fingerprint density at radius 3 is 2.35 bits per heavy atom. The first-order chi connectivity index (χ1) is 9.36. The second kappa shape index (κ2) is 6.85. The molecule has 114 valence electrons. The number of hydrazine groups is 1. The van der Waals surface area contributed by atoms with E-state index >= 15 is 0 Å². The molecule has 0 saturated carbocycles. The molecule has 0 aromatic carbocycles. The summed E-state index contributed by atoms with van der Waals surface area (Å²) in [6.45, 7) is 10.3. The molecule has 1 unspecified atom stereocenters. The first-order valence-electron chi connectivity index (χ1n) is 7.11. The molecule has 0 aliphatic carbocycles. The summed E-state index contributed by atoms with van der Waals surface area (Å²) in [7, 11) is 0. The third-order valence-corrected chi connectivity index (χ3v) is 3.68. The Balaban J connectivity index is 3.19. The second-order valence-corrected chi connectivity index (χ2v) is 5.72. The molecule has 0 radical (unpaired) electrons. The van der Waals surface area contributed by atoms with Crippen LogP contribution in [0, 0.1) is 6.92 Å². The summed E-state index contributed by atoms with van der Waals surface area (Å²) < 4.78 is 0. The molecular formula is C14H27N5O. The number of rotatable bonds is 7. The Hall–Kier alpha value is -1.40. The van der Waals surface area contributed by atoms with Crippen molar-refractivity contribution in [3.8, 4) is 0 Å². The highest BCUT2D eigenvalue weighted by Crippen LogP contribution is 2.27. The molecule has 5 N–H and O–H groups in total. The fourth-order valence-corrected chi connectivity index (χ4v) is 1.91. The lowest BCUT2D eigenvalue weighted by atomic mass is 9.94. The van der Waals surface area contributed by atoms with Crippen LogP contribution in [0.5, 0.6) is 0 Å². The van der Waals surface area contributed by atoms with Crippen LogP contribution < -0.4 is 16.6 Å². The van der Waals surface area contributed by atoms with Crippen molar-refractivity contribution in [2.75, 3.05) is 17.3 Å². The van der Waals surface area contributed by atoms with E-state index in [0.717, 1.165) is 23.6 Å². The molecule has 1 heterocycles. The Morgan fingerprint density at radius 1 is 1.30 bits per heavy atom. The van der Waals surface area contributed by atoms with Crippen LogP contribution in [0.3, 0.4) is 0 Å². The second-order valence-electron chi connectivity index (χ2n) is 5.72. The number of anilines is 2. The zero-order chi connectivity index (χ0) is 15.3. The minimum absolute atomic E-state index is 0.139. The van der Waals surface area contributed by atoms with Crippen LogP contribution in [0.2, 0.25) is 0 Å². The molecule has 6 nitrogen and oxygen atoms in total. The van der Waals surface area contributed by atoms with Gasteiger partial charge in [-0.25, -0.2) is 15.8 Å². The summed E-state index contributed by atoms with van der Waals surface area (Å²) in [4.78, 5) is 9.01. The predicted octanol–water partition coefficient (Wildman–Crippen LogP) is 2.16. The number of aliphatic hydroxyl groups is 1. The van der Waals surface area contributed by atoms with Crippen LogP contribution in [-0.4, -0.2) is 27.2 Å². The number of aliphatic hydroxyl groups excluding tert-OH is 1. The van der Waals surface area contributed by atoms with Crippen LogP contribution in [0.1, 0.15) is 57.8 Å². The average molecular weight is 281 g/mol. The standard InChI is InChI=1S/C14H27N5O/c1-6-14(5,7-8-20)18-12-10(4)13(19-15)17-11(16-12)9(2)3/h9,20H,6-8,15H2,1-5H3,(H2,16,17,18,19). The summed E-state index contributed by atoms with van der Waals surface area (Å²) >= 11 is 0. The SMILES string of the molecule is CCC(C)(CCO)Nc1nc(C(C)C)nc(NN)c1C. The molecule has 6 heteroatoms. The van der Waals surface area contributed by atoms with E-state index in [4.69, 9.17) is 5.84 Å². The average Bonchev–Trinajstić information content (AvgIpc) is 2.41. The van der Waals surface area contributed by atoms with E-state index in [9.17, 15) is 5.11 Å². The molecule has 0 fully saturated rings. The lowest BCUT2D eigenvalue weighted by molar-refractivity contribution is 0.251. The van der Waals surface area contributed by atoms with E-state index in [2.05, 4.69) is 34.6 Å². The predicted molar refractivity (Wildman–Crippen MR) is 82.7 cm³/mol. The van der Waals surface area contributed by atoms with Gasteiger partial charge in [0.15, 0.2) is 0 Å². The number of nitrogens with two attached hydrogens (primary N) is 1. The third-order valence-electron chi connectivity index (χ3n) is 3.68. The summed E-state index contributed by atoms with van der Waals surface area (Å²) in [6, 6.07) is 0. The number of nitrogens with one attached hydrogen (secondary N) is 2. The topological polar surface area (TPSA) is 96.1 Å². The first-order valence-corrected chi connectivity index (χ1v) is 7.11. The quantitative estimate of drug-likeness (QED) is 0.452. The molecule has 1 atom stereocenters. The highest BCUT2D eigenvalue weighted by atomic mass is 16.3. The van der Waals surface area contributed by atoms with Gasteiger partial charge < -0.3 is 15.8 Å². The maximum absolute atomic E-state index is 9.22. The van der Waals surface area contributed by atoms with Crippen molar-refractivity contribution in [3.63, 3.8) is 0 Å². The maximum Gasteiger partial charge on any atom is 0.148 e. The zero-order valence-corrected chi connectivity index (χ0v) is 13.1. The van der Waals surface area contributed by atoms with Crippen molar-refractivity contribution >= 4 is 11.6 Å². The number of nitrogen functional groups attached to an aromatic ring is 1. The van der Waals surface area contributed by atoms with E-state index in [-0.39, 0.29) is 18.1 Å². The lowest BCUT2D eigenvalue weighted by Crippen LogP contribution is -2.36. The molecule has 0 spiro atoms. The first kappa shape index (κ1) is 16.7. The van der Waals surface area contributed by atoms with E-state index in [1.54, 1.807) is 0 Å². The molecule has 1 aromatic heterocycles. The molecule has 0 bridgehead atoms. The van der Waals surface area contributed by atoms with Gasteiger partial charge in [-0.2, -0.15) is 0 Å². The Morgan fingerprint density at radius 2 is 1.90 bits per heavy atom. The van der Waals surface area contributed by atoms with Crippen molar-refractivity contribution in [2.24, 2.45) is 5.84 Å². The molecule has 0 amide bonds. The van der Waals surface area contributed by atoms with Gasteiger partial charge in [-0.3, -0.25) is 0 Å². The Bertz CT molecular complexity index is 449. The summed E-state index contributed by atoms with van der Waals surface area (Å²) in [6.07, 6.45) is 1.55. The number of hydrogen-bond donors (Lipinski definition) is 4. The molecular weight excluding hydrogens is 254 g/mol. The molecule has 0 aliphatic heterocycles. The molecule has 1 rings (SSSR count). The normalized spacial score (nSPS) is 14.2. The fourth-order valence-electron chi connectivity index (χ4n) is 1.91. The lowest BCUT2D eigenvalue weighted by Gasteiger charge is -2.31. The van der Waals surface area contributed by atoms with E-state index in [1.807, 2.05) is 20.8 Å². The Kier molecular flexibility index (Phi) is 5.71. The number of nitrogens with zero attached hydrogens (tertiary/aromatic N) is 2. The van der Waals surface area contributed by atoms with Crippen LogP contribution in [0.15, 0.2) is 0 Å². The summed E-state index contributed by atoms with van der Waals surface area (Å²) in [5.41, 5.74) is 3.31. The number of hydrogen-bond acceptors (Lipinski definition) is 6. The highest BCUT2D eigenvalue weighted by Gasteiger charge is 2.24. The van der Waals surface area contributed by atoms with Gasteiger partial charge in [0.05, 0.1) is 0 Å². The molecule has 1 aromatic rings. The number of aromatic nitrogens is 2. The van der Waals surface area contributed by atoms with Crippen LogP contribution in [0.4, 0.5) is 11.6 Å². The molecule has 0 saturated heterocycles. The van der Waals surface area contributed by atoms with Gasteiger partial charge in [-0.15, -0.1) is 0 Å². The van der Waals surface area contributed by atoms with E-state index < -0.39 is 0 Å². The van der Waals surface area contributed by atoms with Crippen LogP contribution >= 0.6 is 0 Å². The fraction of sp³-hybridized carbons (Fsp3) is 0.714. The van der Waals surface area contributed by atoms with Gasteiger partial charge in [0.25, 0.3) is 0 Å². The van der Waals surface area contributed by atoms with E-state index in [0.29, 0.717) is 12.2 Å². The van der Waals surface area contributed by atoms with Gasteiger partial charge in [0.2, 0.25) is 0 Å². The van der Waals surface area contributed by atoms with Gasteiger partial charge in [-0.05, 0) is 26.7 Å². The maximum atomic E-state index is 9.22. The van der Waals surface area contributed by atoms with Crippen molar-refractivity contribution in [2.45, 2.75) is 58.9 Å². The summed E-state index contributed by atoms with van der Waals surface area (Å²) in [5, 5.41) is 12.7. The largest absolute Gasteiger partial charge is 0.396 e. The van der Waals surface area contributed by atoms with E-state index in [1.165, 1.54) is 0 Å². The van der Waals surface area contributed by atoms with Crippen LogP contribution in [-0.2, 0) is 0 Å². The van der Waals surface area contributed by atoms with Gasteiger partial charge in [0.1, 0.15) is 17.5 Å². The van der Waals surface area contributed by atoms with Gasteiger partial charge >= 0.3 is 0 Å².